The number of nitrogens with zero attached hydrogens (tertiary/aromatic N) is 7. The molecule has 1 aliphatic heterocycles. The zero-order valence-corrected chi connectivity index (χ0v) is 15.8. The van der Waals surface area contributed by atoms with Gasteiger partial charge in [-0.15, -0.1) is 0 Å². The average molecular weight is 377 g/mol. The van der Waals surface area contributed by atoms with Crippen LogP contribution in [-0.4, -0.2) is 50.7 Å². The molecule has 0 aliphatic carbocycles. The van der Waals surface area contributed by atoms with Crippen molar-refractivity contribution in [2.45, 2.75) is 6.92 Å². The predicted molar refractivity (Wildman–Crippen MR) is 107 cm³/mol. The molecule has 7 nitrogen and oxygen atoms in total. The van der Waals surface area contributed by atoms with Crippen molar-refractivity contribution in [2.75, 3.05) is 36.0 Å². The molecule has 4 aromatic rings. The number of anilines is 2. The summed E-state index contributed by atoms with van der Waals surface area (Å²) in [6.07, 6.45) is 3.54. The van der Waals surface area contributed by atoms with E-state index in [4.69, 9.17) is 0 Å². The molecule has 0 saturated carbocycles. The lowest BCUT2D eigenvalue weighted by Gasteiger charge is -2.35. The van der Waals surface area contributed by atoms with Crippen LogP contribution in [0.25, 0.3) is 16.2 Å². The third kappa shape index (κ3) is 3.02. The molecule has 4 heterocycles. The van der Waals surface area contributed by atoms with Crippen LogP contribution in [0.5, 0.6) is 0 Å². The van der Waals surface area contributed by atoms with Crippen LogP contribution in [0, 0.1) is 6.92 Å². The summed E-state index contributed by atoms with van der Waals surface area (Å²) in [5.74, 6) is 1.71. The van der Waals surface area contributed by atoms with Crippen LogP contribution in [0.1, 0.15) is 5.69 Å². The summed E-state index contributed by atoms with van der Waals surface area (Å²) in [4.78, 5) is 19.2. The first-order valence-corrected chi connectivity index (χ1v) is 9.78. The summed E-state index contributed by atoms with van der Waals surface area (Å²) in [6.45, 7) is 5.69. The van der Waals surface area contributed by atoms with E-state index in [1.165, 1.54) is 10.4 Å². The quantitative estimate of drug-likeness (QED) is 0.547. The van der Waals surface area contributed by atoms with Crippen molar-refractivity contribution < 1.29 is 0 Å². The molecule has 27 heavy (non-hydrogen) atoms. The number of piperazine rings is 1. The maximum absolute atomic E-state index is 4.66. The number of benzene rings is 1. The van der Waals surface area contributed by atoms with Gasteiger partial charge in [0.2, 0.25) is 0 Å². The SMILES string of the molecule is Cc1cc(N2CCN(c3ncc(-c4ccccc4)s3)CC2)n2ncnc2n1. The number of aryl methyl sites for hydroxylation is 1. The van der Waals surface area contributed by atoms with Crippen molar-refractivity contribution in [3.63, 3.8) is 0 Å². The molecule has 1 aliphatic rings. The normalized spacial score (nSPS) is 14.9. The highest BCUT2D eigenvalue weighted by Gasteiger charge is 2.22. The Hall–Kier alpha value is -3.00. The lowest BCUT2D eigenvalue weighted by atomic mass is 10.2. The highest BCUT2D eigenvalue weighted by Crippen LogP contribution is 2.31. The van der Waals surface area contributed by atoms with Crippen LogP contribution in [0.2, 0.25) is 0 Å². The van der Waals surface area contributed by atoms with Gasteiger partial charge in [-0.3, -0.25) is 0 Å². The third-order valence-corrected chi connectivity index (χ3v) is 5.89. The highest BCUT2D eigenvalue weighted by atomic mass is 32.1. The molecule has 1 aromatic carbocycles. The van der Waals surface area contributed by atoms with Crippen molar-refractivity contribution in [1.82, 2.24) is 24.6 Å². The number of thiazole rings is 1. The van der Waals surface area contributed by atoms with Gasteiger partial charge in [-0.25, -0.2) is 9.97 Å². The largest absolute Gasteiger partial charge is 0.353 e. The summed E-state index contributed by atoms with van der Waals surface area (Å²) in [5, 5.41) is 5.41. The first-order valence-electron chi connectivity index (χ1n) is 8.96. The zero-order valence-electron chi connectivity index (χ0n) is 15.0. The fourth-order valence-corrected chi connectivity index (χ4v) is 4.38. The molecule has 8 heteroatoms. The van der Waals surface area contributed by atoms with Crippen LogP contribution in [-0.2, 0) is 0 Å². The lowest BCUT2D eigenvalue weighted by molar-refractivity contribution is 0.637. The number of hydrogen-bond donors (Lipinski definition) is 0. The van der Waals surface area contributed by atoms with E-state index in [-0.39, 0.29) is 0 Å². The standard InChI is InChI=1S/C19H19N7S/c1-14-11-17(26-18(23-14)21-13-22-26)24-7-9-25(10-8-24)19-20-12-16(27-19)15-5-3-2-4-6-15/h2-6,11-13H,7-10H2,1H3. The molecule has 0 N–H and O–H groups in total. The fraction of sp³-hybridized carbons (Fsp3) is 0.263. The minimum absolute atomic E-state index is 0.653. The van der Waals surface area contributed by atoms with E-state index in [1.54, 1.807) is 17.7 Å². The Morgan fingerprint density at radius 2 is 1.74 bits per heavy atom. The van der Waals surface area contributed by atoms with E-state index in [2.05, 4.69) is 60.2 Å². The Balaban J connectivity index is 1.33. The van der Waals surface area contributed by atoms with Crippen molar-refractivity contribution in [1.29, 1.82) is 0 Å². The van der Waals surface area contributed by atoms with Crippen LogP contribution < -0.4 is 9.80 Å². The maximum atomic E-state index is 4.66. The van der Waals surface area contributed by atoms with Crippen molar-refractivity contribution in [3.05, 3.63) is 54.6 Å². The van der Waals surface area contributed by atoms with Gasteiger partial charge in [0.15, 0.2) is 5.13 Å². The number of rotatable bonds is 3. The van der Waals surface area contributed by atoms with E-state index in [0.29, 0.717) is 5.78 Å². The highest BCUT2D eigenvalue weighted by molar-refractivity contribution is 7.18. The second-order valence-corrected chi connectivity index (χ2v) is 7.58. The molecular formula is C19H19N7S. The minimum atomic E-state index is 0.653. The van der Waals surface area contributed by atoms with Crippen LogP contribution >= 0.6 is 11.3 Å². The van der Waals surface area contributed by atoms with Gasteiger partial charge < -0.3 is 9.80 Å². The molecule has 0 unspecified atom stereocenters. The van der Waals surface area contributed by atoms with Crippen LogP contribution in [0.4, 0.5) is 10.9 Å². The summed E-state index contributed by atoms with van der Waals surface area (Å²) in [7, 11) is 0. The predicted octanol–water partition coefficient (Wildman–Crippen LogP) is 2.88. The second kappa shape index (κ2) is 6.62. The monoisotopic (exact) mass is 377 g/mol. The van der Waals surface area contributed by atoms with E-state index in [1.807, 2.05) is 23.7 Å². The molecule has 3 aromatic heterocycles. The lowest BCUT2D eigenvalue weighted by Crippen LogP contribution is -2.47. The third-order valence-electron chi connectivity index (χ3n) is 4.79. The van der Waals surface area contributed by atoms with Gasteiger partial charge in [-0.05, 0) is 12.5 Å². The number of aromatic nitrogens is 5. The maximum Gasteiger partial charge on any atom is 0.254 e. The number of fused-ring (bicyclic) bond motifs is 1. The topological polar surface area (TPSA) is 62.5 Å². The van der Waals surface area contributed by atoms with Gasteiger partial charge in [0.25, 0.3) is 5.78 Å². The van der Waals surface area contributed by atoms with Crippen LogP contribution in [0.3, 0.4) is 0 Å². The number of hydrogen-bond acceptors (Lipinski definition) is 7. The van der Waals surface area contributed by atoms with Crippen molar-refractivity contribution >= 4 is 28.1 Å². The molecule has 0 amide bonds. The van der Waals surface area contributed by atoms with Gasteiger partial charge in [0, 0.05) is 44.1 Å². The first-order chi connectivity index (χ1) is 13.3. The Morgan fingerprint density at radius 1 is 0.963 bits per heavy atom. The van der Waals surface area contributed by atoms with E-state index in [0.717, 1.165) is 42.8 Å². The molecule has 0 atom stereocenters. The Labute approximate surface area is 160 Å². The van der Waals surface area contributed by atoms with E-state index >= 15 is 0 Å². The molecule has 0 radical (unpaired) electrons. The molecule has 1 saturated heterocycles. The second-order valence-electron chi connectivity index (χ2n) is 6.57. The summed E-state index contributed by atoms with van der Waals surface area (Å²) in [5.41, 5.74) is 2.18. The Kier molecular flexibility index (Phi) is 3.97. The van der Waals surface area contributed by atoms with Crippen molar-refractivity contribution in [2.24, 2.45) is 0 Å². The molecule has 0 bridgehead atoms. The smallest absolute Gasteiger partial charge is 0.254 e. The summed E-state index contributed by atoms with van der Waals surface area (Å²) >= 11 is 1.75. The summed E-state index contributed by atoms with van der Waals surface area (Å²) < 4.78 is 1.82. The first kappa shape index (κ1) is 16.2. The van der Waals surface area contributed by atoms with Crippen molar-refractivity contribution in [3.8, 4) is 10.4 Å². The Morgan fingerprint density at radius 3 is 2.56 bits per heavy atom. The van der Waals surface area contributed by atoms with Gasteiger partial charge in [-0.1, -0.05) is 41.7 Å². The Bertz CT molecular complexity index is 1060. The van der Waals surface area contributed by atoms with Gasteiger partial charge in [0.1, 0.15) is 12.1 Å². The molecule has 1 fully saturated rings. The zero-order chi connectivity index (χ0) is 18.2. The molecular weight excluding hydrogens is 358 g/mol. The van der Waals surface area contributed by atoms with Gasteiger partial charge in [-0.2, -0.15) is 14.6 Å². The minimum Gasteiger partial charge on any atom is -0.353 e. The molecule has 0 spiro atoms. The van der Waals surface area contributed by atoms with Gasteiger partial charge in [0.05, 0.1) is 4.88 Å². The summed E-state index contributed by atoms with van der Waals surface area (Å²) in [6, 6.07) is 12.5. The molecule has 5 rings (SSSR count). The van der Waals surface area contributed by atoms with E-state index < -0.39 is 0 Å². The van der Waals surface area contributed by atoms with Crippen LogP contribution in [0.15, 0.2) is 48.9 Å². The average Bonchev–Trinajstić information content (AvgIpc) is 3.38. The fourth-order valence-electron chi connectivity index (χ4n) is 3.41. The van der Waals surface area contributed by atoms with E-state index in [9.17, 15) is 0 Å². The van der Waals surface area contributed by atoms with Gasteiger partial charge >= 0.3 is 0 Å². The molecule has 136 valence electrons.